The summed E-state index contributed by atoms with van der Waals surface area (Å²) in [4.78, 5) is 13.5. The number of benzene rings is 1. The van der Waals surface area contributed by atoms with Crippen LogP contribution in [0.4, 0.5) is 10.6 Å². The number of aliphatic hydroxyl groups is 1. The lowest BCUT2D eigenvalue weighted by Gasteiger charge is -2.15. The Hall–Kier alpha value is -2.64. The summed E-state index contributed by atoms with van der Waals surface area (Å²) in [5, 5.41) is 21.8. The van der Waals surface area contributed by atoms with Gasteiger partial charge in [-0.15, -0.1) is 11.3 Å². The van der Waals surface area contributed by atoms with Gasteiger partial charge >= 0.3 is 6.03 Å². The molecule has 0 saturated heterocycles. The zero-order valence-electron chi connectivity index (χ0n) is 15.5. The number of rotatable bonds is 7. The fraction of sp³-hybridized carbons (Fsp3) is 0.300. The first-order chi connectivity index (χ1) is 13.1. The minimum atomic E-state index is -0.301. The van der Waals surface area contributed by atoms with Crippen LogP contribution in [0.25, 0.3) is 11.3 Å². The second-order valence-electron chi connectivity index (χ2n) is 6.48. The van der Waals surface area contributed by atoms with E-state index in [2.05, 4.69) is 15.7 Å². The molecule has 7 heteroatoms. The standard InChI is InChI=1S/C20H24N4O2S/c1-14-18(16-7-4-3-5-8-16)23-24(2)19(14)22-20(26)21-12-15(13-25)11-17-9-6-10-27-17/h3-10,15,25H,11-13H2,1-2H3,(H2,21,22,26)/t15-/m0/s1. The van der Waals surface area contributed by atoms with Gasteiger partial charge in [0.1, 0.15) is 5.82 Å². The molecule has 0 aliphatic carbocycles. The molecule has 6 nitrogen and oxygen atoms in total. The van der Waals surface area contributed by atoms with Crippen molar-refractivity contribution in [1.82, 2.24) is 15.1 Å². The Kier molecular flexibility index (Phi) is 6.26. The van der Waals surface area contributed by atoms with Crippen molar-refractivity contribution in [2.75, 3.05) is 18.5 Å². The van der Waals surface area contributed by atoms with Crippen molar-refractivity contribution in [3.05, 3.63) is 58.3 Å². The number of hydrogen-bond acceptors (Lipinski definition) is 4. The highest BCUT2D eigenvalue weighted by atomic mass is 32.1. The molecule has 27 heavy (non-hydrogen) atoms. The molecule has 0 radical (unpaired) electrons. The van der Waals surface area contributed by atoms with Gasteiger partial charge in [-0.25, -0.2) is 4.79 Å². The van der Waals surface area contributed by atoms with Gasteiger partial charge in [0.25, 0.3) is 0 Å². The number of nitrogens with zero attached hydrogens (tertiary/aromatic N) is 2. The number of nitrogens with one attached hydrogen (secondary N) is 2. The summed E-state index contributed by atoms with van der Waals surface area (Å²) in [5.74, 6) is 0.645. The van der Waals surface area contributed by atoms with Crippen LogP contribution in [0.1, 0.15) is 10.4 Å². The first-order valence-electron chi connectivity index (χ1n) is 8.85. The van der Waals surface area contributed by atoms with Crippen LogP contribution in [-0.4, -0.2) is 34.1 Å². The zero-order valence-corrected chi connectivity index (χ0v) is 16.3. The van der Waals surface area contributed by atoms with Gasteiger partial charge in [-0.2, -0.15) is 5.10 Å². The minimum absolute atomic E-state index is 0.0121. The van der Waals surface area contributed by atoms with Gasteiger partial charge in [-0.1, -0.05) is 36.4 Å². The van der Waals surface area contributed by atoms with Crippen molar-refractivity contribution in [1.29, 1.82) is 0 Å². The van der Waals surface area contributed by atoms with Crippen molar-refractivity contribution >= 4 is 23.2 Å². The fourth-order valence-electron chi connectivity index (χ4n) is 2.98. The highest BCUT2D eigenvalue weighted by Gasteiger charge is 2.17. The number of thiophene rings is 1. The molecule has 2 aromatic heterocycles. The predicted octanol–water partition coefficient (Wildman–Crippen LogP) is 3.43. The molecule has 0 saturated carbocycles. The summed E-state index contributed by atoms with van der Waals surface area (Å²) in [7, 11) is 1.81. The van der Waals surface area contributed by atoms with Crippen molar-refractivity contribution in [2.45, 2.75) is 13.3 Å². The van der Waals surface area contributed by atoms with E-state index in [-0.39, 0.29) is 18.6 Å². The van der Waals surface area contributed by atoms with E-state index in [4.69, 9.17) is 0 Å². The number of urea groups is 1. The van der Waals surface area contributed by atoms with Crippen molar-refractivity contribution in [3.8, 4) is 11.3 Å². The summed E-state index contributed by atoms with van der Waals surface area (Å²) in [5.41, 5.74) is 2.77. The van der Waals surface area contributed by atoms with E-state index in [1.165, 1.54) is 4.88 Å². The molecule has 2 amide bonds. The molecule has 3 rings (SSSR count). The number of anilines is 1. The zero-order chi connectivity index (χ0) is 19.2. The van der Waals surface area contributed by atoms with E-state index in [0.29, 0.717) is 12.4 Å². The van der Waals surface area contributed by atoms with Crippen LogP contribution in [0.5, 0.6) is 0 Å². The number of aryl methyl sites for hydroxylation is 1. The van der Waals surface area contributed by atoms with Crippen LogP contribution in [0.3, 0.4) is 0 Å². The Morgan fingerprint density at radius 1 is 1.26 bits per heavy atom. The normalized spacial score (nSPS) is 12.0. The molecule has 0 bridgehead atoms. The minimum Gasteiger partial charge on any atom is -0.396 e. The molecule has 2 heterocycles. The number of aliphatic hydroxyl groups excluding tert-OH is 1. The van der Waals surface area contributed by atoms with E-state index in [1.807, 2.05) is 61.8 Å². The van der Waals surface area contributed by atoms with Gasteiger partial charge in [0.15, 0.2) is 0 Å². The quantitative estimate of drug-likeness (QED) is 0.584. The van der Waals surface area contributed by atoms with Crippen LogP contribution in [0.15, 0.2) is 47.8 Å². The molecule has 1 aromatic carbocycles. The molecule has 3 aromatic rings. The third-order valence-corrected chi connectivity index (χ3v) is 5.34. The fourth-order valence-corrected chi connectivity index (χ4v) is 3.80. The molecular weight excluding hydrogens is 360 g/mol. The van der Waals surface area contributed by atoms with Gasteiger partial charge in [-0.05, 0) is 24.8 Å². The largest absolute Gasteiger partial charge is 0.396 e. The smallest absolute Gasteiger partial charge is 0.320 e. The van der Waals surface area contributed by atoms with Crippen molar-refractivity contribution < 1.29 is 9.90 Å². The molecule has 0 unspecified atom stereocenters. The Balaban J connectivity index is 1.61. The average molecular weight is 385 g/mol. The summed E-state index contributed by atoms with van der Waals surface area (Å²) in [6.07, 6.45) is 0.747. The number of carbonyl (C=O) groups is 1. The lowest BCUT2D eigenvalue weighted by atomic mass is 10.1. The molecule has 0 spiro atoms. The van der Waals surface area contributed by atoms with E-state index in [9.17, 15) is 9.90 Å². The van der Waals surface area contributed by atoms with E-state index in [0.717, 1.165) is 23.2 Å². The Bertz CT molecular complexity index is 875. The summed E-state index contributed by atoms with van der Waals surface area (Å²) < 4.78 is 1.67. The summed E-state index contributed by atoms with van der Waals surface area (Å²) in [6.45, 7) is 2.38. The number of hydrogen-bond donors (Lipinski definition) is 3. The Labute approximate surface area is 162 Å². The van der Waals surface area contributed by atoms with Crippen LogP contribution >= 0.6 is 11.3 Å². The molecular formula is C20H24N4O2S. The maximum absolute atomic E-state index is 12.3. The number of carbonyl (C=O) groups excluding carboxylic acids is 1. The third-order valence-electron chi connectivity index (χ3n) is 4.44. The highest BCUT2D eigenvalue weighted by molar-refractivity contribution is 7.09. The van der Waals surface area contributed by atoms with Gasteiger partial charge in [-0.3, -0.25) is 10.00 Å². The van der Waals surface area contributed by atoms with E-state index < -0.39 is 0 Å². The first-order valence-corrected chi connectivity index (χ1v) is 9.73. The predicted molar refractivity (Wildman–Crippen MR) is 109 cm³/mol. The maximum atomic E-state index is 12.3. The lowest BCUT2D eigenvalue weighted by molar-refractivity contribution is 0.218. The molecule has 0 fully saturated rings. The molecule has 0 aliphatic heterocycles. The SMILES string of the molecule is Cc1c(-c2ccccc2)nn(C)c1NC(=O)NC[C@@H](CO)Cc1cccs1. The van der Waals surface area contributed by atoms with Crippen LogP contribution in [0, 0.1) is 12.8 Å². The van der Waals surface area contributed by atoms with Gasteiger partial charge in [0.2, 0.25) is 0 Å². The van der Waals surface area contributed by atoms with Crippen LogP contribution in [-0.2, 0) is 13.5 Å². The summed E-state index contributed by atoms with van der Waals surface area (Å²) in [6, 6.07) is 13.6. The topological polar surface area (TPSA) is 79.2 Å². The van der Waals surface area contributed by atoms with Gasteiger partial charge in [0.05, 0.1) is 5.69 Å². The van der Waals surface area contributed by atoms with Crippen LogP contribution < -0.4 is 10.6 Å². The molecule has 142 valence electrons. The monoisotopic (exact) mass is 384 g/mol. The average Bonchev–Trinajstić information content (AvgIpc) is 3.29. The second kappa shape index (κ2) is 8.83. The van der Waals surface area contributed by atoms with Gasteiger partial charge in [0, 0.05) is 42.1 Å². The molecule has 0 aliphatic rings. The van der Waals surface area contributed by atoms with E-state index in [1.54, 1.807) is 16.0 Å². The maximum Gasteiger partial charge on any atom is 0.320 e. The third kappa shape index (κ3) is 4.75. The molecule has 3 N–H and O–H groups in total. The van der Waals surface area contributed by atoms with Gasteiger partial charge < -0.3 is 10.4 Å². The Morgan fingerprint density at radius 2 is 2.04 bits per heavy atom. The Morgan fingerprint density at radius 3 is 2.70 bits per heavy atom. The summed E-state index contributed by atoms with van der Waals surface area (Å²) >= 11 is 1.66. The highest BCUT2D eigenvalue weighted by Crippen LogP contribution is 2.27. The number of aromatic nitrogens is 2. The van der Waals surface area contributed by atoms with Crippen molar-refractivity contribution in [3.63, 3.8) is 0 Å². The van der Waals surface area contributed by atoms with Crippen LogP contribution in [0.2, 0.25) is 0 Å². The first kappa shape index (κ1) is 19.1. The van der Waals surface area contributed by atoms with E-state index >= 15 is 0 Å². The molecule has 1 atom stereocenters. The van der Waals surface area contributed by atoms with Crippen molar-refractivity contribution in [2.24, 2.45) is 13.0 Å². The lowest BCUT2D eigenvalue weighted by Crippen LogP contribution is -2.35. The number of amides is 2. The second-order valence-corrected chi connectivity index (χ2v) is 7.51.